The van der Waals surface area contributed by atoms with Crippen LogP contribution in [0.5, 0.6) is 0 Å². The molecule has 0 bridgehead atoms. The molecule has 1 heterocycles. The topological polar surface area (TPSA) is 12.9 Å². The van der Waals surface area contributed by atoms with Crippen LogP contribution < -0.4 is 0 Å². The molecule has 1 aromatic heterocycles. The highest BCUT2D eigenvalue weighted by Crippen LogP contribution is 2.37. The fraction of sp³-hybridized carbons (Fsp3) is 0.267. The maximum atomic E-state index is 14.2. The van der Waals surface area contributed by atoms with Gasteiger partial charge in [-0.2, -0.15) is 26.3 Å². The van der Waals surface area contributed by atoms with E-state index in [0.717, 1.165) is 12.1 Å². The van der Waals surface area contributed by atoms with Crippen molar-refractivity contribution in [2.75, 3.05) is 5.75 Å². The van der Waals surface area contributed by atoms with Crippen molar-refractivity contribution >= 4 is 23.4 Å². The summed E-state index contributed by atoms with van der Waals surface area (Å²) >= 11 is 6.21. The zero-order valence-electron chi connectivity index (χ0n) is 12.4. The molecule has 0 saturated heterocycles. The molecule has 10 heteroatoms. The van der Waals surface area contributed by atoms with Crippen molar-refractivity contribution in [3.63, 3.8) is 0 Å². The number of halogens is 8. The van der Waals surface area contributed by atoms with Gasteiger partial charge in [-0.1, -0.05) is 11.6 Å². The number of benzene rings is 1. The molecule has 0 aliphatic rings. The van der Waals surface area contributed by atoms with Crippen molar-refractivity contribution in [3.05, 3.63) is 46.4 Å². The number of nitrogens with zero attached hydrogens (tertiary/aromatic N) is 1. The predicted octanol–water partition coefficient (Wildman–Crippen LogP) is 6.52. The van der Waals surface area contributed by atoms with Crippen LogP contribution in [0.4, 0.5) is 30.7 Å². The van der Waals surface area contributed by atoms with Crippen molar-refractivity contribution in [2.45, 2.75) is 24.2 Å². The molecule has 2 rings (SSSR count). The van der Waals surface area contributed by atoms with Crippen LogP contribution in [0.1, 0.15) is 11.1 Å². The number of alkyl halides is 6. The third kappa shape index (κ3) is 5.01. The minimum atomic E-state index is -4.67. The maximum absolute atomic E-state index is 14.2. The number of aryl methyl sites for hydroxylation is 1. The maximum Gasteiger partial charge on any atom is 0.417 e. The average Bonchev–Trinajstić information content (AvgIpc) is 2.45. The second-order valence-electron chi connectivity index (χ2n) is 5.05. The summed E-state index contributed by atoms with van der Waals surface area (Å²) in [6.45, 7) is 1.42. The zero-order valence-corrected chi connectivity index (χ0v) is 14.0. The fourth-order valence-electron chi connectivity index (χ4n) is 1.94. The van der Waals surface area contributed by atoms with Crippen LogP contribution in [0.2, 0.25) is 5.02 Å². The van der Waals surface area contributed by atoms with Gasteiger partial charge in [0.15, 0.2) is 0 Å². The summed E-state index contributed by atoms with van der Waals surface area (Å²) in [5, 5.41) is -0.454. The molecule has 0 fully saturated rings. The number of rotatable bonds is 3. The first kappa shape index (κ1) is 19.8. The molecule has 0 amide bonds. The smallest absolute Gasteiger partial charge is 0.254 e. The van der Waals surface area contributed by atoms with Gasteiger partial charge in [-0.15, -0.1) is 11.8 Å². The third-order valence-corrected chi connectivity index (χ3v) is 4.59. The Labute approximate surface area is 147 Å². The molecular formula is C15H9ClF7NS. The quantitative estimate of drug-likeness (QED) is 0.427. The summed E-state index contributed by atoms with van der Waals surface area (Å²) in [6.07, 6.45) is -8.60. The SMILES string of the molecule is Cc1cc(F)c(-c2ncc(C(F)(F)F)cc2Cl)cc1SCC(F)(F)F. The van der Waals surface area contributed by atoms with E-state index in [0.29, 0.717) is 24.0 Å². The van der Waals surface area contributed by atoms with Gasteiger partial charge in [0.1, 0.15) is 5.82 Å². The van der Waals surface area contributed by atoms with Crippen molar-refractivity contribution in [2.24, 2.45) is 0 Å². The highest BCUT2D eigenvalue weighted by atomic mass is 35.5. The lowest BCUT2D eigenvalue weighted by molar-refractivity contribution is -0.137. The van der Waals surface area contributed by atoms with Crippen molar-refractivity contribution in [1.82, 2.24) is 4.98 Å². The lowest BCUT2D eigenvalue weighted by atomic mass is 10.1. The monoisotopic (exact) mass is 403 g/mol. The Balaban J connectivity index is 2.45. The van der Waals surface area contributed by atoms with Crippen LogP contribution in [-0.2, 0) is 6.18 Å². The number of thioether (sulfide) groups is 1. The van der Waals surface area contributed by atoms with Crippen LogP contribution in [0.15, 0.2) is 29.3 Å². The van der Waals surface area contributed by atoms with Gasteiger partial charge in [-0.05, 0) is 30.7 Å². The van der Waals surface area contributed by atoms with Crippen LogP contribution in [0.25, 0.3) is 11.3 Å². The Bertz CT molecular complexity index is 787. The van der Waals surface area contributed by atoms with E-state index < -0.39 is 34.5 Å². The van der Waals surface area contributed by atoms with Gasteiger partial charge >= 0.3 is 12.4 Å². The molecule has 25 heavy (non-hydrogen) atoms. The number of pyridine rings is 1. The van der Waals surface area contributed by atoms with Gasteiger partial charge in [0.25, 0.3) is 0 Å². The lowest BCUT2D eigenvalue weighted by Gasteiger charge is -2.13. The van der Waals surface area contributed by atoms with E-state index in [1.807, 2.05) is 0 Å². The molecule has 0 spiro atoms. The molecule has 2 aromatic rings. The molecule has 1 aromatic carbocycles. The van der Waals surface area contributed by atoms with Crippen molar-refractivity contribution in [1.29, 1.82) is 0 Å². The van der Waals surface area contributed by atoms with E-state index in [2.05, 4.69) is 4.98 Å². The first-order chi connectivity index (χ1) is 11.4. The van der Waals surface area contributed by atoms with Crippen LogP contribution in [0.3, 0.4) is 0 Å². The van der Waals surface area contributed by atoms with E-state index >= 15 is 0 Å². The van der Waals surface area contributed by atoms with Crippen molar-refractivity contribution in [3.8, 4) is 11.3 Å². The zero-order chi connectivity index (χ0) is 19.0. The highest BCUT2D eigenvalue weighted by molar-refractivity contribution is 7.99. The second-order valence-corrected chi connectivity index (χ2v) is 6.48. The Hall–Kier alpha value is -1.48. The summed E-state index contributed by atoms with van der Waals surface area (Å²) in [7, 11) is 0. The van der Waals surface area contributed by atoms with E-state index in [1.54, 1.807) is 0 Å². The highest BCUT2D eigenvalue weighted by Gasteiger charge is 2.32. The average molecular weight is 404 g/mol. The van der Waals surface area contributed by atoms with Gasteiger partial charge in [-0.25, -0.2) is 4.39 Å². The Kier molecular flexibility index (Phi) is 5.58. The normalized spacial score (nSPS) is 12.5. The molecule has 0 radical (unpaired) electrons. The fourth-order valence-corrected chi connectivity index (χ4v) is 3.02. The Morgan fingerprint density at radius 2 is 1.72 bits per heavy atom. The number of aromatic nitrogens is 1. The van der Waals surface area contributed by atoms with Gasteiger partial charge in [0, 0.05) is 16.7 Å². The minimum absolute atomic E-state index is 0.131. The summed E-state index contributed by atoms with van der Waals surface area (Å²) in [5.41, 5.74) is -1.39. The lowest BCUT2D eigenvalue weighted by Crippen LogP contribution is -2.10. The molecule has 1 nitrogen and oxygen atoms in total. The molecule has 0 atom stereocenters. The first-order valence-corrected chi connectivity index (χ1v) is 7.97. The summed E-state index contributed by atoms with van der Waals surface area (Å²) < 4.78 is 89.1. The van der Waals surface area contributed by atoms with E-state index in [-0.39, 0.29) is 21.7 Å². The van der Waals surface area contributed by atoms with Gasteiger partial charge in [-0.3, -0.25) is 4.98 Å². The van der Waals surface area contributed by atoms with Crippen LogP contribution in [-0.4, -0.2) is 16.9 Å². The molecular weight excluding hydrogens is 395 g/mol. The van der Waals surface area contributed by atoms with Crippen LogP contribution in [0, 0.1) is 12.7 Å². The summed E-state index contributed by atoms with van der Waals surface area (Å²) in [5.74, 6) is -2.03. The molecule has 0 saturated carbocycles. The number of hydrogen-bond acceptors (Lipinski definition) is 2. The summed E-state index contributed by atoms with van der Waals surface area (Å²) in [4.78, 5) is 3.66. The van der Waals surface area contributed by atoms with E-state index in [9.17, 15) is 30.7 Å². The van der Waals surface area contributed by atoms with E-state index in [4.69, 9.17) is 11.6 Å². The molecule has 0 aliphatic heterocycles. The number of hydrogen-bond donors (Lipinski definition) is 0. The summed E-state index contributed by atoms with van der Waals surface area (Å²) in [6, 6.07) is 2.68. The molecule has 0 N–H and O–H groups in total. The van der Waals surface area contributed by atoms with Crippen LogP contribution >= 0.6 is 23.4 Å². The van der Waals surface area contributed by atoms with Crippen molar-refractivity contribution < 1.29 is 30.7 Å². The minimum Gasteiger partial charge on any atom is -0.254 e. The Morgan fingerprint density at radius 1 is 1.08 bits per heavy atom. The molecule has 0 aliphatic carbocycles. The van der Waals surface area contributed by atoms with E-state index in [1.165, 1.54) is 6.92 Å². The third-order valence-electron chi connectivity index (χ3n) is 3.08. The standard InChI is InChI=1S/C15H9ClF7NS/c1-7-2-11(17)9(4-12(7)25-6-14(18,19)20)13-10(16)3-8(5-24-13)15(21,22)23/h2-5H,6H2,1H3. The first-order valence-electron chi connectivity index (χ1n) is 6.61. The second kappa shape index (κ2) is 7.03. The molecule has 136 valence electrons. The van der Waals surface area contributed by atoms with Gasteiger partial charge in [0.05, 0.1) is 22.0 Å². The van der Waals surface area contributed by atoms with Gasteiger partial charge in [0.2, 0.25) is 0 Å². The Morgan fingerprint density at radius 3 is 2.24 bits per heavy atom. The predicted molar refractivity (Wildman–Crippen MR) is 81.2 cm³/mol. The molecule has 0 unspecified atom stereocenters. The largest absolute Gasteiger partial charge is 0.417 e. The van der Waals surface area contributed by atoms with Gasteiger partial charge < -0.3 is 0 Å².